The minimum Gasteiger partial charge on any atom is -0.372 e. The number of hydrogen-bond donors (Lipinski definition) is 0. The van der Waals surface area contributed by atoms with Crippen LogP contribution in [0.15, 0.2) is 23.3 Å². The fraction of sp³-hybridized carbons (Fsp3) is 0.647. The molecule has 0 saturated carbocycles. The van der Waals surface area contributed by atoms with Crippen molar-refractivity contribution < 1.29 is 4.74 Å². The molecule has 1 aliphatic rings. The number of rotatable bonds is 3. The third kappa shape index (κ3) is 4.82. The largest absolute Gasteiger partial charge is 0.372 e. The Balaban J connectivity index is 2.03. The molecule has 0 radical (unpaired) electrons. The topological polar surface area (TPSA) is 44.2 Å². The van der Waals surface area contributed by atoms with Gasteiger partial charge in [-0.15, -0.1) is 0 Å². The molecule has 23 heavy (non-hydrogen) atoms. The number of aliphatic imine (C=N–C) groups is 1. The molecule has 0 aromatic carbocycles. The van der Waals surface area contributed by atoms with Crippen molar-refractivity contribution in [2.45, 2.75) is 32.6 Å². The van der Waals surface area contributed by atoms with Crippen molar-refractivity contribution in [3.8, 4) is 0 Å². The standard InChI is InChI=1S/C17H29N5O/c1-13-11-22(12-14(2)23-13)16-8-7-15(9-18-16)10-19-17(20(3)4)21(5)6/h7-9,13-14H,10-12H2,1-6H3. The summed E-state index contributed by atoms with van der Waals surface area (Å²) < 4.78 is 5.77. The van der Waals surface area contributed by atoms with E-state index in [1.807, 2.05) is 44.2 Å². The number of anilines is 1. The molecule has 1 fully saturated rings. The second-order valence-corrected chi connectivity index (χ2v) is 6.59. The quantitative estimate of drug-likeness (QED) is 0.626. The normalized spacial score (nSPS) is 21.0. The minimum atomic E-state index is 0.243. The van der Waals surface area contributed by atoms with E-state index in [-0.39, 0.29) is 12.2 Å². The van der Waals surface area contributed by atoms with E-state index in [1.165, 1.54) is 0 Å². The van der Waals surface area contributed by atoms with Crippen molar-refractivity contribution in [3.63, 3.8) is 0 Å². The molecule has 1 saturated heterocycles. The molecule has 1 aromatic rings. The monoisotopic (exact) mass is 319 g/mol. The van der Waals surface area contributed by atoms with Crippen molar-refractivity contribution in [2.75, 3.05) is 46.2 Å². The summed E-state index contributed by atoms with van der Waals surface area (Å²) in [6, 6.07) is 4.19. The summed E-state index contributed by atoms with van der Waals surface area (Å²) in [5.41, 5.74) is 1.12. The van der Waals surface area contributed by atoms with Crippen LogP contribution >= 0.6 is 0 Å². The maximum atomic E-state index is 5.77. The molecule has 6 nitrogen and oxygen atoms in total. The van der Waals surface area contributed by atoms with Gasteiger partial charge in [0.25, 0.3) is 0 Å². The van der Waals surface area contributed by atoms with Crippen molar-refractivity contribution in [3.05, 3.63) is 23.9 Å². The molecule has 2 rings (SSSR count). The Bertz CT molecular complexity index is 506. The van der Waals surface area contributed by atoms with Crippen LogP contribution in [0.4, 0.5) is 5.82 Å². The number of aromatic nitrogens is 1. The number of guanidine groups is 1. The van der Waals surface area contributed by atoms with Gasteiger partial charge in [-0.1, -0.05) is 6.07 Å². The van der Waals surface area contributed by atoms with Crippen LogP contribution in [0.1, 0.15) is 19.4 Å². The van der Waals surface area contributed by atoms with Gasteiger partial charge in [0.15, 0.2) is 5.96 Å². The molecule has 0 bridgehead atoms. The van der Waals surface area contributed by atoms with E-state index in [0.717, 1.165) is 30.4 Å². The van der Waals surface area contributed by atoms with E-state index in [2.05, 4.69) is 40.9 Å². The van der Waals surface area contributed by atoms with Gasteiger partial charge in [-0.3, -0.25) is 0 Å². The lowest BCUT2D eigenvalue weighted by molar-refractivity contribution is -0.00545. The lowest BCUT2D eigenvalue weighted by Gasteiger charge is -2.36. The third-order valence-electron chi connectivity index (χ3n) is 3.76. The number of pyridine rings is 1. The first-order valence-electron chi connectivity index (χ1n) is 8.11. The fourth-order valence-corrected chi connectivity index (χ4v) is 2.91. The van der Waals surface area contributed by atoms with Crippen molar-refractivity contribution >= 4 is 11.8 Å². The van der Waals surface area contributed by atoms with E-state index >= 15 is 0 Å². The molecular weight excluding hydrogens is 290 g/mol. The lowest BCUT2D eigenvalue weighted by Crippen LogP contribution is -2.45. The van der Waals surface area contributed by atoms with Crippen molar-refractivity contribution in [1.82, 2.24) is 14.8 Å². The maximum absolute atomic E-state index is 5.77. The van der Waals surface area contributed by atoms with E-state index in [0.29, 0.717) is 6.54 Å². The van der Waals surface area contributed by atoms with Crippen LogP contribution < -0.4 is 4.90 Å². The van der Waals surface area contributed by atoms with Gasteiger partial charge in [-0.25, -0.2) is 9.98 Å². The predicted octanol–water partition coefficient (Wildman–Crippen LogP) is 1.67. The molecule has 2 heterocycles. The zero-order chi connectivity index (χ0) is 17.0. The highest BCUT2D eigenvalue weighted by atomic mass is 16.5. The number of hydrogen-bond acceptors (Lipinski definition) is 4. The molecule has 0 spiro atoms. The van der Waals surface area contributed by atoms with Gasteiger partial charge in [0.05, 0.1) is 18.8 Å². The first kappa shape index (κ1) is 17.5. The van der Waals surface area contributed by atoms with Crippen molar-refractivity contribution in [1.29, 1.82) is 0 Å². The number of nitrogens with zero attached hydrogens (tertiary/aromatic N) is 5. The highest BCUT2D eigenvalue weighted by Gasteiger charge is 2.22. The molecule has 1 aromatic heterocycles. The zero-order valence-corrected chi connectivity index (χ0v) is 15.2. The van der Waals surface area contributed by atoms with E-state index < -0.39 is 0 Å². The molecule has 2 atom stereocenters. The van der Waals surface area contributed by atoms with Crippen molar-refractivity contribution in [2.24, 2.45) is 4.99 Å². The molecule has 1 aliphatic heterocycles. The molecule has 0 N–H and O–H groups in total. The Morgan fingerprint density at radius 3 is 2.26 bits per heavy atom. The summed E-state index contributed by atoms with van der Waals surface area (Å²) in [5, 5.41) is 0. The van der Waals surface area contributed by atoms with Crippen LogP contribution in [-0.2, 0) is 11.3 Å². The Hall–Kier alpha value is -1.82. The van der Waals surface area contributed by atoms with Gasteiger partial charge >= 0.3 is 0 Å². The van der Waals surface area contributed by atoms with Crippen LogP contribution in [0, 0.1) is 0 Å². The molecular formula is C17H29N5O. The summed E-state index contributed by atoms with van der Waals surface area (Å²) >= 11 is 0. The molecule has 6 heteroatoms. The van der Waals surface area contributed by atoms with Gasteiger partial charge in [-0.2, -0.15) is 0 Å². The summed E-state index contributed by atoms with van der Waals surface area (Å²) in [6.45, 7) is 6.63. The van der Waals surface area contributed by atoms with Gasteiger partial charge in [-0.05, 0) is 25.5 Å². The Labute approximate surface area is 139 Å². The third-order valence-corrected chi connectivity index (χ3v) is 3.76. The van der Waals surface area contributed by atoms with Crippen LogP contribution in [-0.4, -0.2) is 74.2 Å². The molecule has 0 amide bonds. The van der Waals surface area contributed by atoms with E-state index in [1.54, 1.807) is 0 Å². The van der Waals surface area contributed by atoms with Crippen LogP contribution in [0.2, 0.25) is 0 Å². The highest BCUT2D eigenvalue weighted by molar-refractivity contribution is 5.79. The summed E-state index contributed by atoms with van der Waals surface area (Å²) in [5.74, 6) is 1.96. The second-order valence-electron chi connectivity index (χ2n) is 6.59. The summed E-state index contributed by atoms with van der Waals surface area (Å²) in [6.07, 6.45) is 2.41. The average Bonchev–Trinajstić information content (AvgIpc) is 2.46. The molecule has 0 aliphatic carbocycles. The molecule has 128 valence electrons. The van der Waals surface area contributed by atoms with Gasteiger partial charge in [0.1, 0.15) is 5.82 Å². The second kappa shape index (κ2) is 7.64. The predicted molar refractivity (Wildman–Crippen MR) is 95.0 cm³/mol. The van der Waals surface area contributed by atoms with Crippen LogP contribution in [0.3, 0.4) is 0 Å². The minimum absolute atomic E-state index is 0.243. The molecule has 2 unspecified atom stereocenters. The van der Waals surface area contributed by atoms with Crippen LogP contribution in [0.25, 0.3) is 0 Å². The first-order chi connectivity index (χ1) is 10.9. The Morgan fingerprint density at radius 2 is 1.78 bits per heavy atom. The fourth-order valence-electron chi connectivity index (χ4n) is 2.91. The zero-order valence-electron chi connectivity index (χ0n) is 15.2. The maximum Gasteiger partial charge on any atom is 0.195 e. The van der Waals surface area contributed by atoms with E-state index in [4.69, 9.17) is 4.74 Å². The SMILES string of the molecule is CC1CN(c2ccc(CN=C(N(C)C)N(C)C)cn2)CC(C)O1. The van der Waals surface area contributed by atoms with Gasteiger partial charge < -0.3 is 19.4 Å². The Kier molecular flexibility index (Phi) is 5.82. The average molecular weight is 319 g/mol. The van der Waals surface area contributed by atoms with Crippen LogP contribution in [0.5, 0.6) is 0 Å². The smallest absolute Gasteiger partial charge is 0.195 e. The lowest BCUT2D eigenvalue weighted by atomic mass is 10.2. The highest BCUT2D eigenvalue weighted by Crippen LogP contribution is 2.18. The summed E-state index contributed by atoms with van der Waals surface area (Å²) in [4.78, 5) is 15.6. The van der Waals surface area contributed by atoms with E-state index in [9.17, 15) is 0 Å². The van der Waals surface area contributed by atoms with Gasteiger partial charge in [0.2, 0.25) is 0 Å². The van der Waals surface area contributed by atoms with Gasteiger partial charge in [0, 0.05) is 47.5 Å². The number of ether oxygens (including phenoxy) is 1. The Morgan fingerprint density at radius 1 is 1.17 bits per heavy atom. The number of morpholine rings is 1. The first-order valence-corrected chi connectivity index (χ1v) is 8.11. The summed E-state index contributed by atoms with van der Waals surface area (Å²) in [7, 11) is 8.00.